The summed E-state index contributed by atoms with van der Waals surface area (Å²) in [6.45, 7) is 5.43. The predicted octanol–water partition coefficient (Wildman–Crippen LogP) is -0.337. The van der Waals surface area contributed by atoms with Crippen LogP contribution in [0.5, 0.6) is 0 Å². The lowest BCUT2D eigenvalue weighted by Crippen LogP contribution is -2.48. The standard InChI is InChI=1S/C8H20N4O/c1-8(2,12(3)4)6-10-5-7(9)11-13/h10,13H,5-6H2,1-4H3,(H2,9,11). The second-order valence-electron chi connectivity index (χ2n) is 3.90. The lowest BCUT2D eigenvalue weighted by molar-refractivity contribution is 0.192. The fraction of sp³-hybridized carbons (Fsp3) is 0.875. The van der Waals surface area contributed by atoms with Crippen molar-refractivity contribution in [1.82, 2.24) is 10.2 Å². The van der Waals surface area contributed by atoms with E-state index >= 15 is 0 Å². The van der Waals surface area contributed by atoms with Gasteiger partial charge in [-0.3, -0.25) is 0 Å². The average Bonchev–Trinajstić information content (AvgIpc) is 2.03. The van der Waals surface area contributed by atoms with Crippen LogP contribution in [-0.4, -0.2) is 48.7 Å². The second kappa shape index (κ2) is 5.04. The van der Waals surface area contributed by atoms with Crippen molar-refractivity contribution in [2.24, 2.45) is 10.9 Å². The lowest BCUT2D eigenvalue weighted by Gasteiger charge is -2.32. The number of nitrogens with one attached hydrogen (secondary N) is 1. The van der Waals surface area contributed by atoms with E-state index in [4.69, 9.17) is 10.9 Å². The maximum Gasteiger partial charge on any atom is 0.153 e. The number of likely N-dealkylation sites (N-methyl/N-ethyl adjacent to an activating group) is 1. The summed E-state index contributed by atoms with van der Waals surface area (Å²) in [4.78, 5) is 2.12. The highest BCUT2D eigenvalue weighted by molar-refractivity contribution is 5.81. The van der Waals surface area contributed by atoms with Gasteiger partial charge in [0.2, 0.25) is 0 Å². The summed E-state index contributed by atoms with van der Waals surface area (Å²) in [5, 5.41) is 14.3. The highest BCUT2D eigenvalue weighted by Gasteiger charge is 2.19. The maximum absolute atomic E-state index is 8.29. The van der Waals surface area contributed by atoms with Crippen LogP contribution in [0, 0.1) is 0 Å². The smallest absolute Gasteiger partial charge is 0.153 e. The van der Waals surface area contributed by atoms with E-state index in [9.17, 15) is 0 Å². The van der Waals surface area contributed by atoms with Crippen molar-refractivity contribution in [2.45, 2.75) is 19.4 Å². The molecule has 0 aromatic rings. The number of hydrogen-bond donors (Lipinski definition) is 3. The summed E-state index contributed by atoms with van der Waals surface area (Å²) in [6, 6.07) is 0. The summed E-state index contributed by atoms with van der Waals surface area (Å²) in [5.74, 6) is 0.203. The predicted molar refractivity (Wildman–Crippen MR) is 54.0 cm³/mol. The van der Waals surface area contributed by atoms with Gasteiger partial charge in [0.05, 0.1) is 6.54 Å². The van der Waals surface area contributed by atoms with E-state index in [0.717, 1.165) is 6.54 Å². The first kappa shape index (κ1) is 12.2. The van der Waals surface area contributed by atoms with Crippen LogP contribution in [-0.2, 0) is 0 Å². The first-order chi connectivity index (χ1) is 5.90. The Morgan fingerprint density at radius 3 is 2.46 bits per heavy atom. The molecule has 5 nitrogen and oxygen atoms in total. The van der Waals surface area contributed by atoms with Crippen LogP contribution >= 0.6 is 0 Å². The van der Waals surface area contributed by atoms with E-state index in [1.807, 2.05) is 14.1 Å². The third-order valence-corrected chi connectivity index (χ3v) is 2.20. The molecule has 0 saturated carbocycles. The molecule has 0 amide bonds. The van der Waals surface area contributed by atoms with Crippen LogP contribution in [0.1, 0.15) is 13.8 Å². The number of oxime groups is 1. The van der Waals surface area contributed by atoms with Crippen LogP contribution in [0.25, 0.3) is 0 Å². The molecule has 0 aromatic carbocycles. The first-order valence-electron chi connectivity index (χ1n) is 4.24. The van der Waals surface area contributed by atoms with Crippen LogP contribution in [0.4, 0.5) is 0 Å². The molecule has 0 rings (SSSR count). The molecule has 0 saturated heterocycles. The monoisotopic (exact) mass is 188 g/mol. The van der Waals surface area contributed by atoms with Gasteiger partial charge in [-0.1, -0.05) is 5.16 Å². The van der Waals surface area contributed by atoms with Crippen molar-refractivity contribution in [3.05, 3.63) is 0 Å². The van der Waals surface area contributed by atoms with Crippen molar-refractivity contribution in [3.63, 3.8) is 0 Å². The first-order valence-corrected chi connectivity index (χ1v) is 4.24. The molecular formula is C8H20N4O. The number of nitrogens with two attached hydrogens (primary N) is 1. The Kier molecular flexibility index (Phi) is 4.72. The Hall–Kier alpha value is -0.810. The van der Waals surface area contributed by atoms with E-state index in [0.29, 0.717) is 6.54 Å². The zero-order valence-corrected chi connectivity index (χ0v) is 8.83. The molecular weight excluding hydrogens is 168 g/mol. The molecule has 4 N–H and O–H groups in total. The van der Waals surface area contributed by atoms with Gasteiger partial charge in [0.25, 0.3) is 0 Å². The van der Waals surface area contributed by atoms with Gasteiger partial charge in [-0.25, -0.2) is 0 Å². The van der Waals surface area contributed by atoms with Crippen LogP contribution in [0.15, 0.2) is 5.16 Å². The second-order valence-corrected chi connectivity index (χ2v) is 3.90. The Balaban J connectivity index is 3.76. The van der Waals surface area contributed by atoms with E-state index < -0.39 is 0 Å². The summed E-state index contributed by atoms with van der Waals surface area (Å²) in [6.07, 6.45) is 0. The number of nitrogens with zero attached hydrogens (tertiary/aromatic N) is 2. The fourth-order valence-electron chi connectivity index (χ4n) is 0.690. The molecule has 0 fully saturated rings. The van der Waals surface area contributed by atoms with Crippen LogP contribution < -0.4 is 11.1 Å². The molecule has 0 aliphatic carbocycles. The van der Waals surface area contributed by atoms with Crippen LogP contribution in [0.3, 0.4) is 0 Å². The molecule has 0 unspecified atom stereocenters. The maximum atomic E-state index is 8.29. The molecule has 5 heteroatoms. The van der Waals surface area contributed by atoms with E-state index in [-0.39, 0.29) is 11.4 Å². The van der Waals surface area contributed by atoms with Crippen molar-refractivity contribution < 1.29 is 5.21 Å². The third-order valence-electron chi connectivity index (χ3n) is 2.20. The Morgan fingerprint density at radius 2 is 2.08 bits per heavy atom. The van der Waals surface area contributed by atoms with Crippen molar-refractivity contribution in [3.8, 4) is 0 Å². The van der Waals surface area contributed by atoms with Gasteiger partial charge in [0.1, 0.15) is 0 Å². The van der Waals surface area contributed by atoms with Gasteiger partial charge in [-0.15, -0.1) is 0 Å². The minimum absolute atomic E-state index is 0.0652. The molecule has 0 radical (unpaired) electrons. The van der Waals surface area contributed by atoms with Gasteiger partial charge in [0.15, 0.2) is 5.84 Å². The van der Waals surface area contributed by atoms with Gasteiger partial charge >= 0.3 is 0 Å². The Morgan fingerprint density at radius 1 is 1.54 bits per heavy atom. The molecule has 0 atom stereocenters. The number of hydrogen-bond acceptors (Lipinski definition) is 4. The van der Waals surface area contributed by atoms with Gasteiger partial charge in [0, 0.05) is 12.1 Å². The minimum Gasteiger partial charge on any atom is -0.409 e. The summed E-state index contributed by atoms with van der Waals surface area (Å²) >= 11 is 0. The minimum atomic E-state index is 0.0652. The van der Waals surface area contributed by atoms with Crippen molar-refractivity contribution in [1.29, 1.82) is 0 Å². The van der Waals surface area contributed by atoms with Crippen molar-refractivity contribution in [2.75, 3.05) is 27.2 Å². The number of amidine groups is 1. The average molecular weight is 188 g/mol. The van der Waals surface area contributed by atoms with Gasteiger partial charge < -0.3 is 21.2 Å². The molecule has 0 aliphatic heterocycles. The fourth-order valence-corrected chi connectivity index (χ4v) is 0.690. The van der Waals surface area contributed by atoms with Gasteiger partial charge in [-0.05, 0) is 27.9 Å². The van der Waals surface area contributed by atoms with Crippen molar-refractivity contribution >= 4 is 5.84 Å². The lowest BCUT2D eigenvalue weighted by atomic mass is 10.0. The zero-order valence-electron chi connectivity index (χ0n) is 8.83. The molecule has 0 bridgehead atoms. The largest absolute Gasteiger partial charge is 0.409 e. The highest BCUT2D eigenvalue weighted by Crippen LogP contribution is 2.07. The molecule has 13 heavy (non-hydrogen) atoms. The van der Waals surface area contributed by atoms with E-state index in [2.05, 4.69) is 29.2 Å². The normalized spacial score (nSPS) is 13.8. The summed E-state index contributed by atoms with van der Waals surface area (Å²) in [5.41, 5.74) is 5.37. The molecule has 78 valence electrons. The topological polar surface area (TPSA) is 73.9 Å². The molecule has 0 heterocycles. The number of rotatable bonds is 5. The quantitative estimate of drug-likeness (QED) is 0.239. The van der Waals surface area contributed by atoms with E-state index in [1.54, 1.807) is 0 Å². The Labute approximate surface area is 79.6 Å². The summed E-state index contributed by atoms with van der Waals surface area (Å²) in [7, 11) is 4.04. The van der Waals surface area contributed by atoms with E-state index in [1.165, 1.54) is 0 Å². The highest BCUT2D eigenvalue weighted by atomic mass is 16.4. The Bertz CT molecular complexity index is 177. The summed E-state index contributed by atoms with van der Waals surface area (Å²) < 4.78 is 0. The SMILES string of the molecule is CN(C)C(C)(C)CNCC(N)=NO. The molecule has 0 aliphatic rings. The molecule has 0 spiro atoms. The third kappa shape index (κ3) is 4.69. The van der Waals surface area contributed by atoms with Crippen LogP contribution in [0.2, 0.25) is 0 Å². The van der Waals surface area contributed by atoms with Gasteiger partial charge in [-0.2, -0.15) is 0 Å². The zero-order chi connectivity index (χ0) is 10.5. The molecule has 0 aromatic heterocycles.